The normalized spacial score (nSPS) is 11.1. The zero-order chi connectivity index (χ0) is 18.3. The number of hydrogen-bond acceptors (Lipinski definition) is 4. The first-order chi connectivity index (χ1) is 11.9. The van der Waals surface area contributed by atoms with Crippen molar-refractivity contribution in [2.45, 2.75) is 25.2 Å². The molecule has 134 valence electrons. The molecule has 0 bridgehead atoms. The van der Waals surface area contributed by atoms with Gasteiger partial charge in [-0.2, -0.15) is 11.8 Å². The minimum absolute atomic E-state index is 0.0980. The van der Waals surface area contributed by atoms with Crippen LogP contribution in [-0.4, -0.2) is 25.8 Å². The van der Waals surface area contributed by atoms with E-state index in [1.807, 2.05) is 6.92 Å². The highest BCUT2D eigenvalue weighted by Gasteiger charge is 2.15. The fraction of sp³-hybridized carbons (Fsp3) is 0.278. The van der Waals surface area contributed by atoms with Gasteiger partial charge in [-0.05, 0) is 48.9 Å². The summed E-state index contributed by atoms with van der Waals surface area (Å²) >= 11 is 1.57. The molecule has 0 radical (unpaired) electrons. The van der Waals surface area contributed by atoms with Crippen LogP contribution in [0.2, 0.25) is 0 Å². The summed E-state index contributed by atoms with van der Waals surface area (Å²) in [5.41, 5.74) is 1.79. The third kappa shape index (κ3) is 5.79. The van der Waals surface area contributed by atoms with E-state index >= 15 is 0 Å². The van der Waals surface area contributed by atoms with Gasteiger partial charge in [-0.25, -0.2) is 8.42 Å². The predicted molar refractivity (Wildman–Crippen MR) is 105 cm³/mol. The first kappa shape index (κ1) is 19.3. The Morgan fingerprint density at radius 2 is 1.84 bits per heavy atom. The topological polar surface area (TPSA) is 75.3 Å². The minimum Gasteiger partial charge on any atom is -0.325 e. The molecule has 0 spiro atoms. The van der Waals surface area contributed by atoms with Gasteiger partial charge in [0.15, 0.2) is 0 Å². The van der Waals surface area contributed by atoms with Gasteiger partial charge in [0, 0.05) is 5.69 Å². The van der Waals surface area contributed by atoms with Crippen LogP contribution in [0.1, 0.15) is 18.9 Å². The summed E-state index contributed by atoms with van der Waals surface area (Å²) < 4.78 is 27.5. The summed E-state index contributed by atoms with van der Waals surface area (Å²) in [4.78, 5) is 12.1. The Hall–Kier alpha value is -1.99. The van der Waals surface area contributed by atoms with Gasteiger partial charge >= 0.3 is 0 Å². The molecule has 2 aromatic carbocycles. The summed E-state index contributed by atoms with van der Waals surface area (Å²) in [6.07, 6.45) is 1.02. The summed E-state index contributed by atoms with van der Waals surface area (Å²) in [6, 6.07) is 13.4. The van der Waals surface area contributed by atoms with E-state index in [0.29, 0.717) is 17.1 Å². The number of thioether (sulfide) groups is 1. The van der Waals surface area contributed by atoms with Crippen LogP contribution in [0.4, 0.5) is 11.4 Å². The van der Waals surface area contributed by atoms with Gasteiger partial charge in [-0.15, -0.1) is 0 Å². The molecule has 2 rings (SSSR count). The van der Waals surface area contributed by atoms with Crippen molar-refractivity contribution >= 4 is 39.1 Å². The fourth-order valence-electron chi connectivity index (χ4n) is 2.12. The maximum absolute atomic E-state index is 12.5. The van der Waals surface area contributed by atoms with Crippen molar-refractivity contribution in [2.75, 3.05) is 21.5 Å². The molecule has 0 aliphatic rings. The largest absolute Gasteiger partial charge is 0.325 e. The first-order valence-corrected chi connectivity index (χ1v) is 10.6. The van der Waals surface area contributed by atoms with Gasteiger partial charge in [0.05, 0.1) is 16.3 Å². The van der Waals surface area contributed by atoms with E-state index in [2.05, 4.69) is 17.0 Å². The number of amides is 1. The third-order valence-electron chi connectivity index (χ3n) is 3.40. The Kier molecular flexibility index (Phi) is 6.90. The molecule has 2 aromatic rings. The Balaban J connectivity index is 2.12. The maximum atomic E-state index is 12.5. The lowest BCUT2D eigenvalue weighted by Gasteiger charge is -2.13. The van der Waals surface area contributed by atoms with Gasteiger partial charge in [0.1, 0.15) is 0 Å². The molecule has 1 amide bonds. The van der Waals surface area contributed by atoms with E-state index in [0.717, 1.165) is 17.7 Å². The molecule has 0 heterocycles. The zero-order valence-electron chi connectivity index (χ0n) is 14.3. The van der Waals surface area contributed by atoms with E-state index in [4.69, 9.17) is 0 Å². The van der Waals surface area contributed by atoms with Crippen LogP contribution < -0.4 is 10.0 Å². The van der Waals surface area contributed by atoms with Crippen LogP contribution in [0.3, 0.4) is 0 Å². The number of sulfonamides is 1. The zero-order valence-corrected chi connectivity index (χ0v) is 15.9. The van der Waals surface area contributed by atoms with E-state index in [9.17, 15) is 13.2 Å². The fourth-order valence-corrected chi connectivity index (χ4v) is 3.95. The number of nitrogens with one attached hydrogen (secondary N) is 2. The maximum Gasteiger partial charge on any atom is 0.261 e. The molecule has 7 heteroatoms. The molecular formula is C18H22N2O3S2. The predicted octanol–water partition coefficient (Wildman–Crippen LogP) is 3.88. The van der Waals surface area contributed by atoms with Gasteiger partial charge < -0.3 is 5.32 Å². The monoisotopic (exact) mass is 378 g/mol. The van der Waals surface area contributed by atoms with Gasteiger partial charge in [0.2, 0.25) is 5.91 Å². The summed E-state index contributed by atoms with van der Waals surface area (Å²) in [6.45, 7) is 3.88. The Morgan fingerprint density at radius 3 is 2.52 bits per heavy atom. The van der Waals surface area contributed by atoms with E-state index in [1.165, 1.54) is 12.1 Å². The Bertz CT molecular complexity index is 821. The second-order valence-electron chi connectivity index (χ2n) is 5.55. The Labute approximate surface area is 153 Å². The van der Waals surface area contributed by atoms with Gasteiger partial charge in [0.25, 0.3) is 10.0 Å². The molecule has 0 saturated heterocycles. The lowest BCUT2D eigenvalue weighted by Crippen LogP contribution is -2.16. The van der Waals surface area contributed by atoms with Crippen LogP contribution >= 0.6 is 11.8 Å². The molecule has 25 heavy (non-hydrogen) atoms. The van der Waals surface area contributed by atoms with E-state index in [1.54, 1.807) is 48.2 Å². The summed E-state index contributed by atoms with van der Waals surface area (Å²) in [5, 5.41) is 2.80. The highest BCUT2D eigenvalue weighted by atomic mass is 32.2. The molecule has 0 aliphatic carbocycles. The summed E-state index contributed by atoms with van der Waals surface area (Å²) in [5.74, 6) is 1.22. The van der Waals surface area contributed by atoms with Crippen LogP contribution in [0.25, 0.3) is 0 Å². The quantitative estimate of drug-likeness (QED) is 0.684. The number of aryl methyl sites for hydroxylation is 1. The average molecular weight is 379 g/mol. The van der Waals surface area contributed by atoms with Crippen LogP contribution in [-0.2, 0) is 14.8 Å². The Morgan fingerprint density at radius 1 is 1.12 bits per heavy atom. The molecule has 0 unspecified atom stereocenters. The molecule has 0 fully saturated rings. The van der Waals surface area contributed by atoms with Crippen LogP contribution in [0.5, 0.6) is 0 Å². The van der Waals surface area contributed by atoms with Crippen molar-refractivity contribution in [1.82, 2.24) is 0 Å². The second kappa shape index (κ2) is 8.92. The lowest BCUT2D eigenvalue weighted by atomic mass is 10.2. The minimum atomic E-state index is -3.67. The molecular weight excluding hydrogens is 356 g/mol. The summed E-state index contributed by atoms with van der Waals surface area (Å²) in [7, 11) is -3.67. The third-order valence-corrected chi connectivity index (χ3v) is 5.95. The molecule has 0 aromatic heterocycles. The highest BCUT2D eigenvalue weighted by Crippen LogP contribution is 2.23. The first-order valence-electron chi connectivity index (χ1n) is 7.98. The number of hydrogen-bond donors (Lipinski definition) is 2. The molecule has 2 N–H and O–H groups in total. The smallest absolute Gasteiger partial charge is 0.261 e. The van der Waals surface area contributed by atoms with Crippen molar-refractivity contribution in [3.8, 4) is 0 Å². The lowest BCUT2D eigenvalue weighted by molar-refractivity contribution is -0.113. The van der Waals surface area contributed by atoms with Crippen molar-refractivity contribution in [3.63, 3.8) is 0 Å². The number of benzene rings is 2. The molecule has 0 atom stereocenters. The molecule has 0 aliphatic heterocycles. The highest BCUT2D eigenvalue weighted by molar-refractivity contribution is 7.99. The van der Waals surface area contributed by atoms with E-state index < -0.39 is 10.0 Å². The van der Waals surface area contributed by atoms with E-state index in [-0.39, 0.29) is 10.8 Å². The van der Waals surface area contributed by atoms with Gasteiger partial charge in [-0.3, -0.25) is 9.52 Å². The molecule has 0 saturated carbocycles. The number of rotatable bonds is 8. The number of carbonyl (C=O) groups is 1. The SMILES string of the molecule is CCCSCC(=O)Nc1ccc(C)c(NS(=O)(=O)c2ccccc2)c1. The molecule has 5 nitrogen and oxygen atoms in total. The van der Waals surface area contributed by atoms with Crippen LogP contribution in [0.15, 0.2) is 53.4 Å². The van der Waals surface area contributed by atoms with Crippen molar-refractivity contribution in [2.24, 2.45) is 0 Å². The van der Waals surface area contributed by atoms with Gasteiger partial charge in [-0.1, -0.05) is 31.2 Å². The second-order valence-corrected chi connectivity index (χ2v) is 8.34. The van der Waals surface area contributed by atoms with Crippen molar-refractivity contribution in [3.05, 3.63) is 54.1 Å². The van der Waals surface area contributed by atoms with Crippen molar-refractivity contribution in [1.29, 1.82) is 0 Å². The van der Waals surface area contributed by atoms with Crippen LogP contribution in [0, 0.1) is 6.92 Å². The number of anilines is 2. The average Bonchev–Trinajstić information content (AvgIpc) is 2.59. The number of carbonyl (C=O) groups excluding carboxylic acids is 1. The standard InChI is InChI=1S/C18H22N2O3S2/c1-3-11-24-13-18(21)19-15-10-9-14(2)17(12-15)20-25(22,23)16-7-5-4-6-8-16/h4-10,12,20H,3,11,13H2,1-2H3,(H,19,21). The van der Waals surface area contributed by atoms with Crippen molar-refractivity contribution < 1.29 is 13.2 Å².